The Kier molecular flexibility index (Phi) is 6.60. The number of rotatable bonds is 4. The highest BCUT2D eigenvalue weighted by atomic mass is 14.2. The van der Waals surface area contributed by atoms with Gasteiger partial charge in [0.05, 0.1) is 0 Å². The molecule has 0 atom stereocenters. The molecular weight excluding hydrogens is 601 g/mol. The van der Waals surface area contributed by atoms with Crippen LogP contribution in [0.15, 0.2) is 194 Å². The Balaban J connectivity index is 1.17. The van der Waals surface area contributed by atoms with Crippen molar-refractivity contribution in [2.75, 3.05) is 0 Å². The summed E-state index contributed by atoms with van der Waals surface area (Å²) >= 11 is 0. The minimum atomic E-state index is 1.22. The molecule has 0 aliphatic carbocycles. The molecule has 0 heterocycles. The predicted octanol–water partition coefficient (Wildman–Crippen LogP) is 14.1. The third-order valence-corrected chi connectivity index (χ3v) is 10.4. The molecule has 0 radical (unpaired) electrons. The maximum absolute atomic E-state index is 2.39. The highest BCUT2D eigenvalue weighted by Crippen LogP contribution is 2.45. The summed E-state index contributed by atoms with van der Waals surface area (Å²) in [6, 6.07) is 71.4. The zero-order valence-corrected chi connectivity index (χ0v) is 27.5. The van der Waals surface area contributed by atoms with Gasteiger partial charge in [-0.05, 0) is 117 Å². The Hall–Kier alpha value is -6.50. The van der Waals surface area contributed by atoms with Gasteiger partial charge in [0, 0.05) is 0 Å². The third-order valence-electron chi connectivity index (χ3n) is 10.4. The molecule has 0 saturated heterocycles. The quantitative estimate of drug-likeness (QED) is 0.169. The normalized spacial score (nSPS) is 11.6. The van der Waals surface area contributed by atoms with Crippen molar-refractivity contribution in [3.63, 3.8) is 0 Å². The Labute approximate surface area is 291 Å². The number of fused-ring (bicyclic) bond motifs is 5. The summed E-state index contributed by atoms with van der Waals surface area (Å²) in [6.45, 7) is 0. The summed E-state index contributed by atoms with van der Waals surface area (Å²) in [7, 11) is 0. The third kappa shape index (κ3) is 4.61. The molecule has 232 valence electrons. The first-order chi connectivity index (χ1) is 24.8. The first-order valence-corrected chi connectivity index (χ1v) is 17.3. The summed E-state index contributed by atoms with van der Waals surface area (Å²) in [4.78, 5) is 0. The van der Waals surface area contributed by atoms with Crippen molar-refractivity contribution in [3.05, 3.63) is 194 Å². The highest BCUT2D eigenvalue weighted by Gasteiger charge is 2.18. The van der Waals surface area contributed by atoms with Gasteiger partial charge in [-0.3, -0.25) is 0 Å². The van der Waals surface area contributed by atoms with Gasteiger partial charge in [-0.15, -0.1) is 0 Å². The van der Waals surface area contributed by atoms with Crippen LogP contribution in [0.2, 0.25) is 0 Å². The largest absolute Gasteiger partial charge is 0.0616 e. The summed E-state index contributed by atoms with van der Waals surface area (Å²) in [5.74, 6) is 0. The fourth-order valence-electron chi connectivity index (χ4n) is 8.10. The van der Waals surface area contributed by atoms with Crippen molar-refractivity contribution >= 4 is 53.9 Å². The Bertz CT molecular complexity index is 2870. The van der Waals surface area contributed by atoms with E-state index >= 15 is 0 Å². The van der Waals surface area contributed by atoms with E-state index in [2.05, 4.69) is 194 Å². The number of hydrogen-bond donors (Lipinski definition) is 0. The van der Waals surface area contributed by atoms with Crippen LogP contribution in [0.5, 0.6) is 0 Å². The second kappa shape index (κ2) is 11.6. The van der Waals surface area contributed by atoms with Crippen LogP contribution in [0, 0.1) is 0 Å². The number of hydrogen-bond acceptors (Lipinski definition) is 0. The molecule has 50 heavy (non-hydrogen) atoms. The highest BCUT2D eigenvalue weighted by molar-refractivity contribution is 6.22. The lowest BCUT2D eigenvalue weighted by atomic mass is 9.84. The molecule has 0 saturated carbocycles. The van der Waals surface area contributed by atoms with E-state index in [0.29, 0.717) is 0 Å². The van der Waals surface area contributed by atoms with Gasteiger partial charge in [-0.1, -0.05) is 176 Å². The van der Waals surface area contributed by atoms with Gasteiger partial charge in [0.2, 0.25) is 0 Å². The lowest BCUT2D eigenvalue weighted by molar-refractivity contribution is 1.62. The Morgan fingerprint density at radius 3 is 1.08 bits per heavy atom. The van der Waals surface area contributed by atoms with Crippen LogP contribution < -0.4 is 0 Å². The standard InChI is InChI=1S/C50H32/c1-3-14-35-30-38(26-24-33(35)12-1)42-29-28-41(43-18-5-6-19-44(42)43)37-16-11-17-39(32-37)49-45-20-7-9-22-47(45)50(48-23-10-8-21-46(48)49)40-27-25-34-13-2-4-15-36(34)31-40/h1-32H. The zero-order valence-electron chi connectivity index (χ0n) is 27.5. The van der Waals surface area contributed by atoms with Crippen molar-refractivity contribution in [3.8, 4) is 44.5 Å². The molecule has 0 heteroatoms. The average molecular weight is 633 g/mol. The van der Waals surface area contributed by atoms with Crippen LogP contribution in [0.3, 0.4) is 0 Å². The van der Waals surface area contributed by atoms with Crippen molar-refractivity contribution in [2.45, 2.75) is 0 Å². The van der Waals surface area contributed by atoms with Gasteiger partial charge in [-0.25, -0.2) is 0 Å². The van der Waals surface area contributed by atoms with Gasteiger partial charge in [0.25, 0.3) is 0 Å². The van der Waals surface area contributed by atoms with Crippen molar-refractivity contribution in [1.82, 2.24) is 0 Å². The van der Waals surface area contributed by atoms with Crippen LogP contribution in [0.1, 0.15) is 0 Å². The van der Waals surface area contributed by atoms with Crippen LogP contribution in [0.25, 0.3) is 98.4 Å². The van der Waals surface area contributed by atoms with Crippen LogP contribution >= 0.6 is 0 Å². The average Bonchev–Trinajstić information content (AvgIpc) is 3.19. The smallest absolute Gasteiger partial charge is 0.00262 e. The summed E-state index contributed by atoms with van der Waals surface area (Å²) in [5, 5.41) is 12.6. The van der Waals surface area contributed by atoms with Crippen LogP contribution in [0.4, 0.5) is 0 Å². The monoisotopic (exact) mass is 632 g/mol. The molecule has 0 aliphatic rings. The molecule has 0 N–H and O–H groups in total. The minimum Gasteiger partial charge on any atom is -0.0616 e. The first-order valence-electron chi connectivity index (χ1n) is 17.3. The fraction of sp³-hybridized carbons (Fsp3) is 0. The fourth-order valence-corrected chi connectivity index (χ4v) is 8.10. The van der Waals surface area contributed by atoms with E-state index in [1.807, 2.05) is 0 Å². The molecule has 10 rings (SSSR count). The summed E-state index contributed by atoms with van der Waals surface area (Å²) in [6.07, 6.45) is 0. The van der Waals surface area contributed by atoms with E-state index in [4.69, 9.17) is 0 Å². The summed E-state index contributed by atoms with van der Waals surface area (Å²) in [5.41, 5.74) is 10.00. The molecule has 0 bridgehead atoms. The second-order valence-corrected chi connectivity index (χ2v) is 13.3. The van der Waals surface area contributed by atoms with E-state index in [1.165, 1.54) is 98.4 Å². The zero-order chi connectivity index (χ0) is 33.0. The topological polar surface area (TPSA) is 0 Å². The first kappa shape index (κ1) is 28.5. The maximum Gasteiger partial charge on any atom is -0.00262 e. The molecule has 0 unspecified atom stereocenters. The van der Waals surface area contributed by atoms with E-state index in [-0.39, 0.29) is 0 Å². The Morgan fingerprint density at radius 1 is 0.200 bits per heavy atom. The molecule has 0 amide bonds. The van der Waals surface area contributed by atoms with Crippen LogP contribution in [-0.2, 0) is 0 Å². The van der Waals surface area contributed by atoms with E-state index in [0.717, 1.165) is 0 Å². The van der Waals surface area contributed by atoms with E-state index in [1.54, 1.807) is 0 Å². The van der Waals surface area contributed by atoms with Gasteiger partial charge >= 0.3 is 0 Å². The molecule has 0 fully saturated rings. The van der Waals surface area contributed by atoms with Gasteiger partial charge < -0.3 is 0 Å². The van der Waals surface area contributed by atoms with E-state index < -0.39 is 0 Å². The number of benzene rings is 10. The minimum absolute atomic E-state index is 1.22. The van der Waals surface area contributed by atoms with E-state index in [9.17, 15) is 0 Å². The lowest BCUT2D eigenvalue weighted by Gasteiger charge is -2.19. The van der Waals surface area contributed by atoms with Crippen molar-refractivity contribution < 1.29 is 0 Å². The molecule has 0 aliphatic heterocycles. The maximum atomic E-state index is 2.39. The molecule has 10 aromatic rings. The predicted molar refractivity (Wildman–Crippen MR) is 216 cm³/mol. The summed E-state index contributed by atoms with van der Waals surface area (Å²) < 4.78 is 0. The Morgan fingerprint density at radius 2 is 0.560 bits per heavy atom. The van der Waals surface area contributed by atoms with Gasteiger partial charge in [-0.2, -0.15) is 0 Å². The molecule has 0 aromatic heterocycles. The van der Waals surface area contributed by atoms with Crippen molar-refractivity contribution in [1.29, 1.82) is 0 Å². The van der Waals surface area contributed by atoms with Gasteiger partial charge in [0.1, 0.15) is 0 Å². The molecular formula is C50H32. The van der Waals surface area contributed by atoms with Crippen LogP contribution in [-0.4, -0.2) is 0 Å². The van der Waals surface area contributed by atoms with Crippen molar-refractivity contribution in [2.24, 2.45) is 0 Å². The van der Waals surface area contributed by atoms with Gasteiger partial charge in [0.15, 0.2) is 0 Å². The SMILES string of the molecule is c1cc(-c2ccc(-c3ccc4ccccc4c3)c3ccccc23)cc(-c2c3ccccc3c(-c3ccc4ccccc4c3)c3ccccc23)c1. The molecule has 0 spiro atoms. The molecule has 10 aromatic carbocycles. The second-order valence-electron chi connectivity index (χ2n) is 13.3. The molecule has 0 nitrogen and oxygen atoms in total. The lowest BCUT2D eigenvalue weighted by Crippen LogP contribution is -1.91.